The predicted octanol–water partition coefficient (Wildman–Crippen LogP) is 4.35. The zero-order valence-electron chi connectivity index (χ0n) is 15.4. The Hall–Kier alpha value is -1.90. The molecule has 148 valence electrons. The minimum absolute atomic E-state index is 0.156. The van der Waals surface area contributed by atoms with Crippen LogP contribution in [-0.4, -0.2) is 52.2 Å². The molecule has 8 heteroatoms. The Balaban J connectivity index is 1.67. The molecule has 0 radical (unpaired) electrons. The summed E-state index contributed by atoms with van der Waals surface area (Å²) in [6.45, 7) is 3.20. The quantitative estimate of drug-likeness (QED) is 0.426. The summed E-state index contributed by atoms with van der Waals surface area (Å²) in [5.74, 6) is 0.0994. The Morgan fingerprint density at radius 2 is 1.82 bits per heavy atom. The van der Waals surface area contributed by atoms with Crippen molar-refractivity contribution < 1.29 is 19.0 Å². The molecule has 0 bridgehead atoms. The zero-order valence-corrected chi connectivity index (χ0v) is 18.5. The van der Waals surface area contributed by atoms with E-state index in [1.807, 2.05) is 24.3 Å². The molecule has 1 fully saturated rings. The van der Waals surface area contributed by atoms with Gasteiger partial charge in [-0.05, 0) is 73.8 Å². The van der Waals surface area contributed by atoms with E-state index in [0.29, 0.717) is 5.75 Å². The first-order chi connectivity index (χ1) is 13.6. The van der Waals surface area contributed by atoms with Gasteiger partial charge in [0, 0.05) is 25.0 Å². The van der Waals surface area contributed by atoms with Crippen LogP contribution in [0.25, 0.3) is 0 Å². The molecule has 3 rings (SSSR count). The van der Waals surface area contributed by atoms with Crippen LogP contribution < -0.4 is 9.64 Å². The first-order valence-electron chi connectivity index (χ1n) is 8.72. The minimum atomic E-state index is -0.440. The highest BCUT2D eigenvalue weighted by atomic mass is 79.9. The molecular formula is C20H20Br2N2O4. The molecule has 1 saturated heterocycles. The second kappa shape index (κ2) is 10.0. The normalized spacial score (nSPS) is 14.3. The molecule has 0 spiro atoms. The van der Waals surface area contributed by atoms with Gasteiger partial charge in [0.15, 0.2) is 6.61 Å². The highest BCUT2D eigenvalue weighted by Crippen LogP contribution is 2.34. The van der Waals surface area contributed by atoms with Gasteiger partial charge in [-0.3, -0.25) is 4.99 Å². The highest BCUT2D eigenvalue weighted by Gasteiger charge is 2.12. The lowest BCUT2D eigenvalue weighted by molar-refractivity contribution is -0.142. The number of benzene rings is 2. The number of hydrogen-bond acceptors (Lipinski definition) is 6. The standard InChI is InChI=1S/C20H20Br2N2O4/c1-26-19(25)13-28-20-17(21)10-14(11-18(20)22)12-23-15-2-4-16(5-3-15)24-6-8-27-9-7-24/h2-5,10-12H,6-9,13H2,1H3. The van der Waals surface area contributed by atoms with Crippen LogP contribution in [0.4, 0.5) is 11.4 Å². The fourth-order valence-electron chi connectivity index (χ4n) is 2.70. The fraction of sp³-hybridized carbons (Fsp3) is 0.300. The van der Waals surface area contributed by atoms with Crippen LogP contribution in [0.5, 0.6) is 5.75 Å². The Kier molecular flexibility index (Phi) is 7.47. The van der Waals surface area contributed by atoms with Crippen LogP contribution in [0.2, 0.25) is 0 Å². The monoisotopic (exact) mass is 510 g/mol. The number of morpholine rings is 1. The number of aliphatic imine (C=N–C) groups is 1. The molecule has 0 atom stereocenters. The summed E-state index contributed by atoms with van der Waals surface area (Å²) in [6.07, 6.45) is 1.78. The van der Waals surface area contributed by atoms with E-state index in [1.165, 1.54) is 12.8 Å². The molecule has 0 aromatic heterocycles. The Morgan fingerprint density at radius 1 is 1.18 bits per heavy atom. The van der Waals surface area contributed by atoms with Gasteiger partial charge >= 0.3 is 5.97 Å². The summed E-state index contributed by atoms with van der Waals surface area (Å²) in [5.41, 5.74) is 2.94. The van der Waals surface area contributed by atoms with Crippen LogP contribution >= 0.6 is 31.9 Å². The van der Waals surface area contributed by atoms with Crippen LogP contribution in [0, 0.1) is 0 Å². The van der Waals surface area contributed by atoms with Crippen molar-refractivity contribution >= 4 is 55.4 Å². The van der Waals surface area contributed by atoms with Gasteiger partial charge in [-0.1, -0.05) is 0 Å². The summed E-state index contributed by atoms with van der Waals surface area (Å²) < 4.78 is 16.9. The molecule has 0 unspecified atom stereocenters. The number of ether oxygens (including phenoxy) is 3. The van der Waals surface area contributed by atoms with E-state index in [1.54, 1.807) is 6.21 Å². The molecule has 0 N–H and O–H groups in total. The van der Waals surface area contributed by atoms with Crippen molar-refractivity contribution in [1.29, 1.82) is 0 Å². The maximum atomic E-state index is 11.3. The summed E-state index contributed by atoms with van der Waals surface area (Å²) >= 11 is 6.93. The van der Waals surface area contributed by atoms with Gasteiger partial charge < -0.3 is 19.1 Å². The second-order valence-corrected chi connectivity index (χ2v) is 7.76. The number of esters is 1. The first-order valence-corrected chi connectivity index (χ1v) is 10.3. The molecule has 28 heavy (non-hydrogen) atoms. The average molecular weight is 512 g/mol. The van der Waals surface area contributed by atoms with Crippen LogP contribution in [-0.2, 0) is 14.3 Å². The number of rotatable bonds is 6. The van der Waals surface area contributed by atoms with Crippen molar-refractivity contribution in [2.24, 2.45) is 4.99 Å². The van der Waals surface area contributed by atoms with E-state index >= 15 is 0 Å². The van der Waals surface area contributed by atoms with Gasteiger partial charge in [0.2, 0.25) is 0 Å². The van der Waals surface area contributed by atoms with E-state index in [-0.39, 0.29) is 6.61 Å². The van der Waals surface area contributed by atoms with E-state index in [4.69, 9.17) is 9.47 Å². The number of halogens is 2. The van der Waals surface area contributed by atoms with Crippen molar-refractivity contribution in [3.05, 3.63) is 50.9 Å². The maximum Gasteiger partial charge on any atom is 0.343 e. The molecule has 1 aliphatic rings. The third-order valence-corrected chi connectivity index (χ3v) is 5.35. The van der Waals surface area contributed by atoms with E-state index < -0.39 is 5.97 Å². The van der Waals surface area contributed by atoms with E-state index in [0.717, 1.165) is 46.5 Å². The molecule has 0 saturated carbocycles. The number of anilines is 1. The lowest BCUT2D eigenvalue weighted by Crippen LogP contribution is -2.36. The van der Waals surface area contributed by atoms with Crippen LogP contribution in [0.3, 0.4) is 0 Å². The molecule has 0 aliphatic carbocycles. The summed E-state index contributed by atoms with van der Waals surface area (Å²) in [6, 6.07) is 11.9. The van der Waals surface area contributed by atoms with Gasteiger partial charge in [-0.15, -0.1) is 0 Å². The predicted molar refractivity (Wildman–Crippen MR) is 116 cm³/mol. The molecular weight excluding hydrogens is 492 g/mol. The topological polar surface area (TPSA) is 60.4 Å². The van der Waals surface area contributed by atoms with Gasteiger partial charge in [-0.25, -0.2) is 4.79 Å². The average Bonchev–Trinajstić information content (AvgIpc) is 2.72. The Morgan fingerprint density at radius 3 is 2.43 bits per heavy atom. The van der Waals surface area contributed by atoms with Crippen molar-refractivity contribution in [2.75, 3.05) is 44.9 Å². The smallest absolute Gasteiger partial charge is 0.343 e. The third-order valence-electron chi connectivity index (χ3n) is 4.17. The minimum Gasteiger partial charge on any atom is -0.480 e. The molecule has 2 aromatic rings. The lowest BCUT2D eigenvalue weighted by atomic mass is 10.2. The number of methoxy groups -OCH3 is 1. The summed E-state index contributed by atoms with van der Waals surface area (Å²) in [5, 5.41) is 0. The molecule has 6 nitrogen and oxygen atoms in total. The maximum absolute atomic E-state index is 11.3. The van der Waals surface area contributed by atoms with Crippen LogP contribution in [0.1, 0.15) is 5.56 Å². The molecule has 1 aliphatic heterocycles. The lowest BCUT2D eigenvalue weighted by Gasteiger charge is -2.28. The van der Waals surface area contributed by atoms with Gasteiger partial charge in [-0.2, -0.15) is 0 Å². The van der Waals surface area contributed by atoms with Crippen molar-refractivity contribution in [3.8, 4) is 5.75 Å². The van der Waals surface area contributed by atoms with Crippen molar-refractivity contribution in [3.63, 3.8) is 0 Å². The van der Waals surface area contributed by atoms with Crippen LogP contribution in [0.15, 0.2) is 50.3 Å². The Bertz CT molecular complexity index is 827. The first kappa shape index (κ1) is 20.8. The van der Waals surface area contributed by atoms with E-state index in [2.05, 4.69) is 58.6 Å². The Labute approximate surface area is 180 Å². The van der Waals surface area contributed by atoms with E-state index in [9.17, 15) is 4.79 Å². The largest absolute Gasteiger partial charge is 0.480 e. The molecule has 1 heterocycles. The zero-order chi connectivity index (χ0) is 19.9. The number of carbonyl (C=O) groups is 1. The van der Waals surface area contributed by atoms with Crippen molar-refractivity contribution in [2.45, 2.75) is 0 Å². The number of hydrogen-bond donors (Lipinski definition) is 0. The highest BCUT2D eigenvalue weighted by molar-refractivity contribution is 9.11. The summed E-state index contributed by atoms with van der Waals surface area (Å²) in [4.78, 5) is 18.1. The molecule has 0 amide bonds. The second-order valence-electron chi connectivity index (χ2n) is 6.05. The van der Waals surface area contributed by atoms with Gasteiger partial charge in [0.05, 0.1) is 35.0 Å². The SMILES string of the molecule is COC(=O)COc1c(Br)cc(C=Nc2ccc(N3CCOCC3)cc2)cc1Br. The third kappa shape index (κ3) is 5.56. The van der Waals surface area contributed by atoms with Crippen molar-refractivity contribution in [1.82, 2.24) is 0 Å². The molecule has 2 aromatic carbocycles. The fourth-order valence-corrected chi connectivity index (χ4v) is 4.15. The number of carbonyl (C=O) groups excluding carboxylic acids is 1. The number of nitrogens with zero attached hydrogens (tertiary/aromatic N) is 2. The van der Waals surface area contributed by atoms with Gasteiger partial charge in [0.1, 0.15) is 5.75 Å². The summed E-state index contributed by atoms with van der Waals surface area (Å²) in [7, 11) is 1.32. The van der Waals surface area contributed by atoms with Gasteiger partial charge in [0.25, 0.3) is 0 Å².